The second-order valence-corrected chi connectivity index (χ2v) is 3.73. The van der Waals surface area contributed by atoms with Crippen LogP contribution in [0.3, 0.4) is 0 Å². The van der Waals surface area contributed by atoms with Gasteiger partial charge in [0.05, 0.1) is 6.10 Å². The third-order valence-electron chi connectivity index (χ3n) is 1.28. The molecule has 0 radical (unpaired) electrons. The first kappa shape index (κ1) is 10.2. The number of pyridine rings is 1. The average Bonchev–Trinajstić information content (AvgIpc) is 2.04. The molecule has 0 aliphatic rings. The molecule has 0 saturated carbocycles. The zero-order chi connectivity index (χ0) is 9.84. The number of hydrogen-bond donors (Lipinski definition) is 0. The number of aromatic nitrogens is 1. The normalized spacial score (nSPS) is 10.2. The Bertz CT molecular complexity index is 295. The SMILES string of the molecule is CC(C)OC(=O)c1ccc(Br)cn1. The fraction of sp³-hybridized carbons (Fsp3) is 0.333. The predicted molar refractivity (Wildman–Crippen MR) is 52.5 cm³/mol. The van der Waals surface area contributed by atoms with Crippen molar-refractivity contribution in [3.8, 4) is 0 Å². The van der Waals surface area contributed by atoms with Gasteiger partial charge in [-0.1, -0.05) is 0 Å². The van der Waals surface area contributed by atoms with Crippen LogP contribution in [0.1, 0.15) is 24.3 Å². The summed E-state index contributed by atoms with van der Waals surface area (Å²) in [6.45, 7) is 3.60. The monoisotopic (exact) mass is 243 g/mol. The highest BCUT2D eigenvalue weighted by atomic mass is 79.9. The second-order valence-electron chi connectivity index (χ2n) is 2.82. The predicted octanol–water partition coefficient (Wildman–Crippen LogP) is 2.41. The van der Waals surface area contributed by atoms with Crippen LogP contribution in [0.4, 0.5) is 0 Å². The van der Waals surface area contributed by atoms with E-state index in [4.69, 9.17) is 4.74 Å². The highest BCUT2D eigenvalue weighted by molar-refractivity contribution is 9.10. The number of carbonyl (C=O) groups is 1. The largest absolute Gasteiger partial charge is 0.458 e. The molecule has 1 rings (SSSR count). The molecule has 0 N–H and O–H groups in total. The molecule has 0 bridgehead atoms. The van der Waals surface area contributed by atoms with Crippen molar-refractivity contribution in [2.24, 2.45) is 0 Å². The number of carbonyl (C=O) groups excluding carboxylic acids is 1. The van der Waals surface area contributed by atoms with Crippen molar-refractivity contribution in [1.29, 1.82) is 0 Å². The molecule has 0 spiro atoms. The van der Waals surface area contributed by atoms with Crippen molar-refractivity contribution in [3.63, 3.8) is 0 Å². The Labute approximate surface area is 85.3 Å². The Hall–Kier alpha value is -0.900. The zero-order valence-corrected chi connectivity index (χ0v) is 9.04. The average molecular weight is 244 g/mol. The molecule has 1 heterocycles. The second kappa shape index (κ2) is 4.37. The van der Waals surface area contributed by atoms with Gasteiger partial charge >= 0.3 is 5.97 Å². The molecule has 1 aromatic rings. The van der Waals surface area contributed by atoms with Gasteiger partial charge in [0, 0.05) is 10.7 Å². The van der Waals surface area contributed by atoms with Crippen LogP contribution in [0.5, 0.6) is 0 Å². The topological polar surface area (TPSA) is 39.2 Å². The Morgan fingerprint density at radius 1 is 1.54 bits per heavy atom. The molecule has 0 aromatic carbocycles. The van der Waals surface area contributed by atoms with Crippen LogP contribution >= 0.6 is 15.9 Å². The molecule has 0 aliphatic heterocycles. The van der Waals surface area contributed by atoms with Crippen molar-refractivity contribution < 1.29 is 9.53 Å². The van der Waals surface area contributed by atoms with Gasteiger partial charge in [-0.25, -0.2) is 9.78 Å². The van der Waals surface area contributed by atoms with Gasteiger partial charge in [0.15, 0.2) is 0 Å². The minimum absolute atomic E-state index is 0.113. The van der Waals surface area contributed by atoms with Gasteiger partial charge in [0.2, 0.25) is 0 Å². The van der Waals surface area contributed by atoms with Crippen LogP contribution in [0.15, 0.2) is 22.8 Å². The molecule has 1 aromatic heterocycles. The van der Waals surface area contributed by atoms with E-state index in [0.29, 0.717) is 5.69 Å². The molecule has 0 amide bonds. The van der Waals surface area contributed by atoms with Crippen molar-refractivity contribution in [2.75, 3.05) is 0 Å². The van der Waals surface area contributed by atoms with E-state index in [1.54, 1.807) is 32.2 Å². The van der Waals surface area contributed by atoms with Gasteiger partial charge in [0.1, 0.15) is 5.69 Å². The molecular weight excluding hydrogens is 234 g/mol. The minimum Gasteiger partial charge on any atom is -0.458 e. The molecule has 70 valence electrons. The molecule has 3 nitrogen and oxygen atoms in total. The summed E-state index contributed by atoms with van der Waals surface area (Å²) >= 11 is 3.23. The van der Waals surface area contributed by atoms with E-state index in [1.807, 2.05) is 0 Å². The fourth-order valence-corrected chi connectivity index (χ4v) is 1.01. The number of halogens is 1. The molecule has 0 atom stereocenters. The van der Waals surface area contributed by atoms with Crippen LogP contribution in [-0.2, 0) is 4.74 Å². The summed E-state index contributed by atoms with van der Waals surface area (Å²) in [6, 6.07) is 3.37. The molecule has 4 heteroatoms. The number of rotatable bonds is 2. The molecule has 13 heavy (non-hydrogen) atoms. The first-order valence-electron chi connectivity index (χ1n) is 3.92. The Kier molecular flexibility index (Phi) is 3.42. The Balaban J connectivity index is 2.72. The number of hydrogen-bond acceptors (Lipinski definition) is 3. The quantitative estimate of drug-likeness (QED) is 0.750. The molecule has 0 saturated heterocycles. The molecule has 0 unspecified atom stereocenters. The summed E-state index contributed by atoms with van der Waals surface area (Å²) in [6.07, 6.45) is 1.45. The summed E-state index contributed by atoms with van der Waals surface area (Å²) < 4.78 is 5.80. The van der Waals surface area contributed by atoms with Gasteiger partial charge in [-0.2, -0.15) is 0 Å². The van der Waals surface area contributed by atoms with Gasteiger partial charge in [-0.05, 0) is 41.9 Å². The van der Waals surface area contributed by atoms with E-state index < -0.39 is 0 Å². The molecule has 0 fully saturated rings. The van der Waals surface area contributed by atoms with Gasteiger partial charge in [0.25, 0.3) is 0 Å². The number of ether oxygens (including phenoxy) is 1. The van der Waals surface area contributed by atoms with Crippen LogP contribution in [0.25, 0.3) is 0 Å². The van der Waals surface area contributed by atoms with Gasteiger partial charge < -0.3 is 4.74 Å². The van der Waals surface area contributed by atoms with Crippen LogP contribution < -0.4 is 0 Å². The van der Waals surface area contributed by atoms with Crippen molar-refractivity contribution in [3.05, 3.63) is 28.5 Å². The van der Waals surface area contributed by atoms with Crippen molar-refractivity contribution >= 4 is 21.9 Å². The third kappa shape index (κ3) is 3.14. The summed E-state index contributed by atoms with van der Waals surface area (Å²) in [5, 5.41) is 0. The molecular formula is C9H10BrNO2. The Morgan fingerprint density at radius 3 is 2.69 bits per heavy atom. The lowest BCUT2D eigenvalue weighted by molar-refractivity contribution is 0.0371. The minimum atomic E-state index is -0.387. The van der Waals surface area contributed by atoms with E-state index in [2.05, 4.69) is 20.9 Å². The maximum Gasteiger partial charge on any atom is 0.357 e. The Morgan fingerprint density at radius 2 is 2.23 bits per heavy atom. The lowest BCUT2D eigenvalue weighted by Crippen LogP contribution is -2.12. The highest BCUT2D eigenvalue weighted by Gasteiger charge is 2.09. The lowest BCUT2D eigenvalue weighted by Gasteiger charge is -2.06. The molecule has 0 aliphatic carbocycles. The zero-order valence-electron chi connectivity index (χ0n) is 7.45. The smallest absolute Gasteiger partial charge is 0.357 e. The highest BCUT2D eigenvalue weighted by Crippen LogP contribution is 2.08. The van der Waals surface area contributed by atoms with Crippen molar-refractivity contribution in [2.45, 2.75) is 20.0 Å². The first-order chi connectivity index (χ1) is 6.09. The van der Waals surface area contributed by atoms with Crippen LogP contribution in [-0.4, -0.2) is 17.1 Å². The van der Waals surface area contributed by atoms with Gasteiger partial charge in [-0.3, -0.25) is 0 Å². The van der Waals surface area contributed by atoms with Crippen LogP contribution in [0.2, 0.25) is 0 Å². The summed E-state index contributed by atoms with van der Waals surface area (Å²) in [4.78, 5) is 15.2. The van der Waals surface area contributed by atoms with Crippen LogP contribution in [0, 0.1) is 0 Å². The van der Waals surface area contributed by atoms with Crippen molar-refractivity contribution in [1.82, 2.24) is 4.98 Å². The van der Waals surface area contributed by atoms with E-state index in [9.17, 15) is 4.79 Å². The number of nitrogens with zero attached hydrogens (tertiary/aromatic N) is 1. The maximum atomic E-state index is 11.3. The summed E-state index contributed by atoms with van der Waals surface area (Å²) in [5.74, 6) is -0.387. The maximum absolute atomic E-state index is 11.3. The number of esters is 1. The van der Waals surface area contributed by atoms with E-state index >= 15 is 0 Å². The van der Waals surface area contributed by atoms with E-state index in [1.165, 1.54) is 0 Å². The summed E-state index contributed by atoms with van der Waals surface area (Å²) in [5.41, 5.74) is 0.330. The van der Waals surface area contributed by atoms with E-state index in [-0.39, 0.29) is 12.1 Å². The first-order valence-corrected chi connectivity index (χ1v) is 4.71. The van der Waals surface area contributed by atoms with E-state index in [0.717, 1.165) is 4.47 Å². The fourth-order valence-electron chi connectivity index (χ4n) is 0.771. The summed E-state index contributed by atoms with van der Waals surface area (Å²) in [7, 11) is 0. The standard InChI is InChI=1S/C9H10BrNO2/c1-6(2)13-9(12)8-4-3-7(10)5-11-8/h3-6H,1-2H3. The lowest BCUT2D eigenvalue weighted by atomic mass is 10.3. The third-order valence-corrected chi connectivity index (χ3v) is 1.75. The van der Waals surface area contributed by atoms with Gasteiger partial charge in [-0.15, -0.1) is 0 Å².